The summed E-state index contributed by atoms with van der Waals surface area (Å²) in [6.45, 7) is 2.45. The normalized spacial score (nSPS) is 10.5. The Morgan fingerprint density at radius 2 is 2.29 bits per heavy atom. The fourth-order valence-electron chi connectivity index (χ4n) is 1.46. The molecule has 0 aliphatic heterocycles. The van der Waals surface area contributed by atoms with E-state index in [0.717, 1.165) is 0 Å². The van der Waals surface area contributed by atoms with Crippen molar-refractivity contribution in [2.45, 2.75) is 13.5 Å². The summed E-state index contributed by atoms with van der Waals surface area (Å²) in [6, 6.07) is 0. The van der Waals surface area contributed by atoms with Gasteiger partial charge in [0.05, 0.1) is 11.9 Å². The fraction of sp³-hybridized carbons (Fsp3) is 0.333. The Kier molecular flexibility index (Phi) is 2.77. The van der Waals surface area contributed by atoms with Crippen molar-refractivity contribution in [2.75, 3.05) is 11.1 Å². The number of carbonyl (C=O) groups is 1. The number of nitrogen functional groups attached to an aromatic ring is 1. The molecule has 2 heterocycles. The Bertz CT molecular complexity index is 541. The van der Waals surface area contributed by atoms with Crippen LogP contribution in [0.4, 0.5) is 11.6 Å². The molecule has 3 N–H and O–H groups in total. The first-order valence-corrected chi connectivity index (χ1v) is 5.10. The number of rotatable bonds is 3. The van der Waals surface area contributed by atoms with Crippen molar-refractivity contribution in [3.63, 3.8) is 0 Å². The number of hydrogen-bond acceptors (Lipinski definition) is 5. The first-order chi connectivity index (χ1) is 8.13. The maximum Gasteiger partial charge on any atom is 0.278 e. The maximum absolute atomic E-state index is 12.0. The zero-order valence-corrected chi connectivity index (χ0v) is 9.58. The molecule has 1 amide bonds. The largest absolute Gasteiger partial charge is 0.396 e. The van der Waals surface area contributed by atoms with Crippen molar-refractivity contribution in [2.24, 2.45) is 7.05 Å². The highest BCUT2D eigenvalue weighted by Gasteiger charge is 2.17. The van der Waals surface area contributed by atoms with Crippen molar-refractivity contribution in [3.05, 3.63) is 18.2 Å². The molecule has 0 aliphatic rings. The highest BCUT2D eigenvalue weighted by molar-refractivity contribution is 6.05. The lowest BCUT2D eigenvalue weighted by Crippen LogP contribution is -2.20. The van der Waals surface area contributed by atoms with Crippen LogP contribution in [0.25, 0.3) is 0 Å². The Hall–Kier alpha value is -2.38. The smallest absolute Gasteiger partial charge is 0.278 e. The van der Waals surface area contributed by atoms with E-state index in [-0.39, 0.29) is 5.91 Å². The van der Waals surface area contributed by atoms with E-state index in [1.54, 1.807) is 7.05 Å². The number of anilines is 2. The minimum atomic E-state index is -0.349. The number of carbonyl (C=O) groups excluding carboxylic acids is 1. The molecule has 0 unspecified atom stereocenters. The van der Waals surface area contributed by atoms with Gasteiger partial charge >= 0.3 is 0 Å². The van der Waals surface area contributed by atoms with Crippen LogP contribution in [0.2, 0.25) is 0 Å². The van der Waals surface area contributed by atoms with Crippen LogP contribution < -0.4 is 11.1 Å². The van der Waals surface area contributed by atoms with Crippen molar-refractivity contribution in [3.8, 4) is 0 Å². The van der Waals surface area contributed by atoms with Crippen LogP contribution in [0.5, 0.6) is 0 Å². The van der Waals surface area contributed by atoms with Crippen molar-refractivity contribution in [1.29, 1.82) is 0 Å². The SMILES string of the molecule is CCn1ncc(N)c1C(=O)Nc1ncnn1C. The maximum atomic E-state index is 12.0. The van der Waals surface area contributed by atoms with Gasteiger partial charge in [-0.1, -0.05) is 0 Å². The van der Waals surface area contributed by atoms with Gasteiger partial charge in [0.25, 0.3) is 5.91 Å². The Morgan fingerprint density at radius 1 is 1.53 bits per heavy atom. The predicted molar refractivity (Wildman–Crippen MR) is 61.3 cm³/mol. The van der Waals surface area contributed by atoms with E-state index in [2.05, 4.69) is 20.5 Å². The second-order valence-corrected chi connectivity index (χ2v) is 3.43. The summed E-state index contributed by atoms with van der Waals surface area (Å²) >= 11 is 0. The van der Waals surface area contributed by atoms with Gasteiger partial charge in [-0.3, -0.25) is 14.8 Å². The van der Waals surface area contributed by atoms with Gasteiger partial charge in [0.1, 0.15) is 12.0 Å². The van der Waals surface area contributed by atoms with E-state index in [4.69, 9.17) is 5.73 Å². The number of aromatic nitrogens is 5. The van der Waals surface area contributed by atoms with Crippen LogP contribution in [0.3, 0.4) is 0 Å². The van der Waals surface area contributed by atoms with Gasteiger partial charge in [-0.05, 0) is 6.92 Å². The third-order valence-electron chi connectivity index (χ3n) is 2.32. The summed E-state index contributed by atoms with van der Waals surface area (Å²) in [5.74, 6) is 0.0104. The van der Waals surface area contributed by atoms with Crippen molar-refractivity contribution < 1.29 is 4.79 Å². The Balaban J connectivity index is 2.26. The van der Waals surface area contributed by atoms with Gasteiger partial charge in [0.2, 0.25) is 5.95 Å². The molecule has 0 atom stereocenters. The summed E-state index contributed by atoms with van der Waals surface area (Å²) in [6.07, 6.45) is 2.81. The molecule has 2 aromatic rings. The monoisotopic (exact) mass is 235 g/mol. The van der Waals surface area contributed by atoms with Crippen LogP contribution >= 0.6 is 0 Å². The minimum absolute atomic E-state index is 0.329. The van der Waals surface area contributed by atoms with Crippen LogP contribution in [0.1, 0.15) is 17.4 Å². The average Bonchev–Trinajstić information content (AvgIpc) is 2.85. The van der Waals surface area contributed by atoms with Gasteiger partial charge < -0.3 is 5.73 Å². The van der Waals surface area contributed by atoms with Crippen LogP contribution in [0, 0.1) is 0 Å². The summed E-state index contributed by atoms with van der Waals surface area (Å²) in [4.78, 5) is 15.9. The number of nitrogens with two attached hydrogens (primary N) is 1. The number of nitrogens with zero attached hydrogens (tertiary/aromatic N) is 5. The Morgan fingerprint density at radius 3 is 2.88 bits per heavy atom. The highest BCUT2D eigenvalue weighted by atomic mass is 16.2. The van der Waals surface area contributed by atoms with Gasteiger partial charge in [0.15, 0.2) is 0 Å². The molecule has 2 aromatic heterocycles. The third kappa shape index (κ3) is 1.96. The summed E-state index contributed by atoms with van der Waals surface area (Å²) in [5, 5.41) is 10.5. The average molecular weight is 235 g/mol. The molecule has 0 bridgehead atoms. The molecular formula is C9H13N7O. The molecule has 0 spiro atoms. The molecule has 0 aromatic carbocycles. The molecule has 17 heavy (non-hydrogen) atoms. The number of hydrogen-bond donors (Lipinski definition) is 2. The van der Waals surface area contributed by atoms with Crippen molar-refractivity contribution >= 4 is 17.5 Å². The standard InChI is InChI=1S/C9H13N7O/c1-3-16-7(6(10)4-12-16)8(17)14-9-11-5-13-15(9)2/h4-5H,3,10H2,1-2H3,(H,11,13,14,17). The van der Waals surface area contributed by atoms with Crippen molar-refractivity contribution in [1.82, 2.24) is 24.5 Å². The molecule has 90 valence electrons. The molecular weight excluding hydrogens is 222 g/mol. The Labute approximate surface area is 97.4 Å². The zero-order chi connectivity index (χ0) is 12.4. The topological polar surface area (TPSA) is 104 Å². The third-order valence-corrected chi connectivity index (χ3v) is 2.32. The lowest BCUT2D eigenvalue weighted by Gasteiger charge is -2.06. The molecule has 0 saturated heterocycles. The first-order valence-electron chi connectivity index (χ1n) is 5.10. The molecule has 0 aliphatic carbocycles. The molecule has 8 nitrogen and oxygen atoms in total. The minimum Gasteiger partial charge on any atom is -0.396 e. The second-order valence-electron chi connectivity index (χ2n) is 3.43. The van der Waals surface area contributed by atoms with Crippen LogP contribution in [-0.4, -0.2) is 30.5 Å². The molecule has 0 saturated carbocycles. The lowest BCUT2D eigenvalue weighted by atomic mass is 10.3. The van der Waals surface area contributed by atoms with E-state index in [9.17, 15) is 4.79 Å². The zero-order valence-electron chi connectivity index (χ0n) is 9.58. The number of nitrogens with one attached hydrogen (secondary N) is 1. The molecule has 0 fully saturated rings. The summed E-state index contributed by atoms with van der Waals surface area (Å²) < 4.78 is 2.99. The first kappa shape index (κ1) is 11.1. The van der Waals surface area contributed by atoms with Crippen LogP contribution in [0.15, 0.2) is 12.5 Å². The number of amides is 1. The van der Waals surface area contributed by atoms with Gasteiger partial charge in [-0.15, -0.1) is 0 Å². The highest BCUT2D eigenvalue weighted by Crippen LogP contribution is 2.12. The summed E-state index contributed by atoms with van der Waals surface area (Å²) in [7, 11) is 1.68. The van der Waals surface area contributed by atoms with Gasteiger partial charge in [-0.25, -0.2) is 4.68 Å². The fourth-order valence-corrected chi connectivity index (χ4v) is 1.46. The van der Waals surface area contributed by atoms with E-state index in [1.807, 2.05) is 6.92 Å². The van der Waals surface area contributed by atoms with E-state index in [0.29, 0.717) is 23.9 Å². The number of aryl methyl sites for hydroxylation is 2. The molecule has 0 radical (unpaired) electrons. The van der Waals surface area contributed by atoms with E-state index < -0.39 is 0 Å². The predicted octanol–water partition coefficient (Wildman–Crippen LogP) is -0.134. The van der Waals surface area contributed by atoms with Crippen LogP contribution in [-0.2, 0) is 13.6 Å². The molecule has 8 heteroatoms. The second kappa shape index (κ2) is 4.24. The molecule has 2 rings (SSSR count). The van der Waals surface area contributed by atoms with E-state index in [1.165, 1.54) is 21.9 Å². The lowest BCUT2D eigenvalue weighted by molar-refractivity contribution is 0.101. The van der Waals surface area contributed by atoms with Gasteiger partial charge in [0, 0.05) is 13.6 Å². The summed E-state index contributed by atoms with van der Waals surface area (Å²) in [5.41, 5.74) is 6.37. The quantitative estimate of drug-likeness (QED) is 0.771. The van der Waals surface area contributed by atoms with Gasteiger partial charge in [-0.2, -0.15) is 15.2 Å². The van der Waals surface area contributed by atoms with E-state index >= 15 is 0 Å².